The zero-order chi connectivity index (χ0) is 18.4. The lowest BCUT2D eigenvalue weighted by Crippen LogP contribution is -2.39. The average molecular weight is 362 g/mol. The number of carbonyl (C=O) groups is 1. The van der Waals surface area contributed by atoms with Crippen LogP contribution in [0.3, 0.4) is 0 Å². The molecular formula is C18H22N2O4S. The lowest BCUT2D eigenvalue weighted by Gasteiger charge is -2.19. The Morgan fingerprint density at radius 2 is 1.72 bits per heavy atom. The number of amides is 1. The lowest BCUT2D eigenvalue weighted by atomic mass is 10.1. The van der Waals surface area contributed by atoms with Gasteiger partial charge in [-0.15, -0.1) is 0 Å². The number of likely N-dealkylation sites (N-methyl/N-ethyl adjacent to an activating group) is 1. The maximum absolute atomic E-state index is 12.5. The number of ether oxygens (including phenoxy) is 1. The summed E-state index contributed by atoms with van der Waals surface area (Å²) in [5.74, 6) is 0.201. The van der Waals surface area contributed by atoms with Gasteiger partial charge in [-0.25, -0.2) is 8.42 Å². The summed E-state index contributed by atoms with van der Waals surface area (Å²) in [5, 5.41) is 2.80. The van der Waals surface area contributed by atoms with Crippen LogP contribution in [0.1, 0.15) is 18.5 Å². The fraction of sp³-hybridized carbons (Fsp3) is 0.278. The van der Waals surface area contributed by atoms with Crippen molar-refractivity contribution in [1.29, 1.82) is 0 Å². The van der Waals surface area contributed by atoms with Gasteiger partial charge in [-0.3, -0.25) is 4.79 Å². The molecular weight excluding hydrogens is 340 g/mol. The Kier molecular flexibility index (Phi) is 6.17. The van der Waals surface area contributed by atoms with Crippen LogP contribution in [0.5, 0.6) is 5.75 Å². The Morgan fingerprint density at radius 1 is 1.12 bits per heavy atom. The first kappa shape index (κ1) is 19.0. The monoisotopic (exact) mass is 362 g/mol. The predicted octanol–water partition coefficient (Wildman–Crippen LogP) is 2.19. The van der Waals surface area contributed by atoms with Gasteiger partial charge in [-0.1, -0.05) is 30.3 Å². The van der Waals surface area contributed by atoms with Crippen LogP contribution in [-0.2, 0) is 14.8 Å². The summed E-state index contributed by atoms with van der Waals surface area (Å²) in [7, 11) is -0.853. The third-order valence-corrected chi connectivity index (χ3v) is 5.63. The number of carbonyl (C=O) groups excluding carboxylic acids is 1. The van der Waals surface area contributed by atoms with Crippen LogP contribution < -0.4 is 10.1 Å². The Balaban J connectivity index is 2.01. The minimum absolute atomic E-state index is 0.111. The second-order valence-corrected chi connectivity index (χ2v) is 7.68. The minimum atomic E-state index is -3.74. The highest BCUT2D eigenvalue weighted by atomic mass is 32.2. The van der Waals surface area contributed by atoms with Crippen molar-refractivity contribution in [1.82, 2.24) is 9.62 Å². The van der Waals surface area contributed by atoms with Crippen LogP contribution in [0.4, 0.5) is 0 Å². The van der Waals surface area contributed by atoms with Gasteiger partial charge in [-0.05, 0) is 36.8 Å². The van der Waals surface area contributed by atoms with Crippen molar-refractivity contribution in [3.63, 3.8) is 0 Å². The fourth-order valence-corrected chi connectivity index (χ4v) is 3.45. The van der Waals surface area contributed by atoms with Gasteiger partial charge in [0, 0.05) is 7.05 Å². The largest absolute Gasteiger partial charge is 0.497 e. The number of hydrogen-bond acceptors (Lipinski definition) is 4. The third-order valence-electron chi connectivity index (χ3n) is 3.81. The maximum Gasteiger partial charge on any atom is 0.243 e. The van der Waals surface area contributed by atoms with E-state index in [2.05, 4.69) is 5.32 Å². The quantitative estimate of drug-likeness (QED) is 0.819. The highest BCUT2D eigenvalue weighted by molar-refractivity contribution is 7.89. The van der Waals surface area contributed by atoms with E-state index >= 15 is 0 Å². The number of sulfonamides is 1. The smallest absolute Gasteiger partial charge is 0.243 e. The first-order valence-corrected chi connectivity index (χ1v) is 9.23. The van der Waals surface area contributed by atoms with Crippen LogP contribution >= 0.6 is 0 Å². The Bertz CT molecular complexity index is 805. The van der Waals surface area contributed by atoms with E-state index in [1.165, 1.54) is 26.3 Å². The zero-order valence-electron chi connectivity index (χ0n) is 14.5. The SMILES string of the molecule is COc1ccc(S(=O)(=O)N(C)CC(=O)N[C@@H](C)c2ccccc2)cc1. The number of methoxy groups -OCH3 is 1. The molecule has 6 nitrogen and oxygen atoms in total. The Labute approximate surface area is 148 Å². The van der Waals surface area contributed by atoms with Gasteiger partial charge < -0.3 is 10.1 Å². The molecule has 134 valence electrons. The second-order valence-electron chi connectivity index (χ2n) is 5.64. The van der Waals surface area contributed by atoms with Crippen molar-refractivity contribution in [2.24, 2.45) is 0 Å². The molecule has 2 rings (SSSR count). The molecule has 0 aliphatic carbocycles. The average Bonchev–Trinajstić information content (AvgIpc) is 2.62. The van der Waals surface area contributed by atoms with Gasteiger partial charge in [-0.2, -0.15) is 4.31 Å². The van der Waals surface area contributed by atoms with Crippen molar-refractivity contribution < 1.29 is 17.9 Å². The van der Waals surface area contributed by atoms with E-state index in [0.717, 1.165) is 9.87 Å². The normalized spacial score (nSPS) is 12.6. The molecule has 0 spiro atoms. The number of nitrogens with one attached hydrogen (secondary N) is 1. The summed E-state index contributed by atoms with van der Waals surface area (Å²) in [4.78, 5) is 12.3. The Hall–Kier alpha value is -2.38. The van der Waals surface area contributed by atoms with Gasteiger partial charge >= 0.3 is 0 Å². The van der Waals surface area contributed by atoms with Crippen molar-refractivity contribution in [2.45, 2.75) is 17.9 Å². The van der Waals surface area contributed by atoms with E-state index in [4.69, 9.17) is 4.74 Å². The first-order valence-electron chi connectivity index (χ1n) is 7.79. The lowest BCUT2D eigenvalue weighted by molar-refractivity contribution is -0.121. The summed E-state index contributed by atoms with van der Waals surface area (Å²) in [6, 6.07) is 15.3. The molecule has 2 aromatic rings. The third kappa shape index (κ3) is 4.80. The topological polar surface area (TPSA) is 75.7 Å². The fourth-order valence-electron chi connectivity index (χ4n) is 2.33. The number of nitrogens with zero attached hydrogens (tertiary/aromatic N) is 1. The molecule has 1 atom stereocenters. The molecule has 0 saturated heterocycles. The van der Waals surface area contributed by atoms with Gasteiger partial charge in [0.05, 0.1) is 24.6 Å². The number of rotatable bonds is 7. The van der Waals surface area contributed by atoms with Crippen molar-refractivity contribution in [2.75, 3.05) is 20.7 Å². The van der Waals surface area contributed by atoms with Gasteiger partial charge in [0.2, 0.25) is 15.9 Å². The molecule has 0 heterocycles. The standard InChI is InChI=1S/C18H22N2O4S/c1-14(15-7-5-4-6-8-15)19-18(21)13-20(2)25(22,23)17-11-9-16(24-3)10-12-17/h4-12,14H,13H2,1-3H3,(H,19,21)/t14-/m0/s1. The zero-order valence-corrected chi connectivity index (χ0v) is 15.3. The van der Waals surface area contributed by atoms with E-state index in [-0.39, 0.29) is 23.4 Å². The van der Waals surface area contributed by atoms with Gasteiger partial charge in [0.1, 0.15) is 5.75 Å². The molecule has 25 heavy (non-hydrogen) atoms. The van der Waals surface area contributed by atoms with E-state index in [0.29, 0.717) is 5.75 Å². The summed E-state index contributed by atoms with van der Waals surface area (Å²) in [6.45, 7) is 1.59. The minimum Gasteiger partial charge on any atom is -0.497 e. The summed E-state index contributed by atoms with van der Waals surface area (Å²) >= 11 is 0. The summed E-state index contributed by atoms with van der Waals surface area (Å²) < 4.78 is 31.1. The molecule has 0 radical (unpaired) electrons. The van der Waals surface area contributed by atoms with Crippen molar-refractivity contribution >= 4 is 15.9 Å². The van der Waals surface area contributed by atoms with Crippen LogP contribution in [0.2, 0.25) is 0 Å². The van der Waals surface area contributed by atoms with E-state index < -0.39 is 10.0 Å². The predicted molar refractivity (Wildman–Crippen MR) is 95.8 cm³/mol. The molecule has 2 aromatic carbocycles. The molecule has 0 fully saturated rings. The van der Waals surface area contributed by atoms with Gasteiger partial charge in [0.25, 0.3) is 0 Å². The maximum atomic E-state index is 12.5. The van der Waals surface area contributed by atoms with Crippen molar-refractivity contribution in [3.05, 3.63) is 60.2 Å². The summed E-state index contributed by atoms with van der Waals surface area (Å²) in [6.07, 6.45) is 0. The molecule has 1 N–H and O–H groups in total. The van der Waals surface area contributed by atoms with E-state index in [1.54, 1.807) is 12.1 Å². The molecule has 0 saturated carbocycles. The van der Waals surface area contributed by atoms with Crippen LogP contribution in [0, 0.1) is 0 Å². The molecule has 0 unspecified atom stereocenters. The molecule has 0 aliphatic rings. The second kappa shape index (κ2) is 8.13. The first-order chi connectivity index (χ1) is 11.8. The molecule has 0 aliphatic heterocycles. The van der Waals surface area contributed by atoms with Crippen LogP contribution in [0.25, 0.3) is 0 Å². The van der Waals surface area contributed by atoms with E-state index in [1.807, 2.05) is 37.3 Å². The van der Waals surface area contributed by atoms with Gasteiger partial charge in [0.15, 0.2) is 0 Å². The molecule has 0 bridgehead atoms. The Morgan fingerprint density at radius 3 is 2.28 bits per heavy atom. The molecule has 1 amide bonds. The number of hydrogen-bond donors (Lipinski definition) is 1. The van der Waals surface area contributed by atoms with Crippen molar-refractivity contribution in [3.8, 4) is 5.75 Å². The highest BCUT2D eigenvalue weighted by Gasteiger charge is 2.23. The number of benzene rings is 2. The molecule has 0 aromatic heterocycles. The van der Waals surface area contributed by atoms with Crippen LogP contribution in [0.15, 0.2) is 59.5 Å². The summed E-state index contributed by atoms with van der Waals surface area (Å²) in [5.41, 5.74) is 0.955. The molecule has 7 heteroatoms. The van der Waals surface area contributed by atoms with Crippen LogP contribution in [-0.4, -0.2) is 39.3 Å². The van der Waals surface area contributed by atoms with E-state index in [9.17, 15) is 13.2 Å². The highest BCUT2D eigenvalue weighted by Crippen LogP contribution is 2.18.